The van der Waals surface area contributed by atoms with Gasteiger partial charge in [0.2, 0.25) is 11.8 Å². The van der Waals surface area contributed by atoms with E-state index in [4.69, 9.17) is 0 Å². The van der Waals surface area contributed by atoms with Gasteiger partial charge in [0.05, 0.1) is 5.56 Å². The van der Waals surface area contributed by atoms with Crippen molar-refractivity contribution in [3.63, 3.8) is 0 Å². The minimum absolute atomic E-state index is 0.000748. The van der Waals surface area contributed by atoms with Crippen LogP contribution >= 0.6 is 11.8 Å². The summed E-state index contributed by atoms with van der Waals surface area (Å²) in [6, 6.07) is 4.38. The molecule has 10 heteroatoms. The molecule has 6 nitrogen and oxygen atoms in total. The van der Waals surface area contributed by atoms with E-state index in [0.29, 0.717) is 11.1 Å². The molecule has 3 aliphatic rings. The van der Waals surface area contributed by atoms with Gasteiger partial charge in [-0.2, -0.15) is 18.3 Å². The molecule has 0 unspecified atom stereocenters. The Bertz CT molecular complexity index is 1020. The van der Waals surface area contributed by atoms with E-state index in [9.17, 15) is 22.8 Å². The molecule has 2 aliphatic carbocycles. The van der Waals surface area contributed by atoms with Crippen molar-refractivity contribution in [2.75, 3.05) is 5.32 Å². The third-order valence-electron chi connectivity index (χ3n) is 7.39. The summed E-state index contributed by atoms with van der Waals surface area (Å²) in [5, 5.41) is 13.4. The average molecular weight is 467 g/mol. The molecule has 2 bridgehead atoms. The molecule has 1 saturated heterocycles. The highest BCUT2D eigenvalue weighted by molar-refractivity contribution is 8.15. The number of alkyl halides is 3. The van der Waals surface area contributed by atoms with E-state index in [2.05, 4.69) is 41.6 Å². The Labute approximate surface area is 188 Å². The number of nitrogens with zero attached hydrogens (tertiary/aromatic N) is 2. The Morgan fingerprint density at radius 1 is 1.28 bits per heavy atom. The number of rotatable bonds is 4. The summed E-state index contributed by atoms with van der Waals surface area (Å²) in [6.07, 6.45) is -1.52. The SMILES string of the molecule is CC1(C)[C@H]2CC[C@@]1(C)/C(=N/N=C1\NC(=O)[C@H](CC(=O)Nc3cccc(C(F)(F)F)c3)S1)C2. The number of carbonyl (C=O) groups is 2. The lowest BCUT2D eigenvalue weighted by Crippen LogP contribution is -2.32. The van der Waals surface area contributed by atoms with Crippen LogP contribution in [0, 0.1) is 16.7 Å². The first-order chi connectivity index (χ1) is 14.9. The van der Waals surface area contributed by atoms with Crippen LogP contribution in [-0.4, -0.2) is 27.9 Å². The van der Waals surface area contributed by atoms with Crippen LogP contribution in [0.5, 0.6) is 0 Å². The quantitative estimate of drug-likeness (QED) is 0.624. The molecule has 172 valence electrons. The van der Waals surface area contributed by atoms with Crippen LogP contribution < -0.4 is 10.6 Å². The molecule has 0 aromatic heterocycles. The van der Waals surface area contributed by atoms with E-state index >= 15 is 0 Å². The Morgan fingerprint density at radius 3 is 2.66 bits per heavy atom. The van der Waals surface area contributed by atoms with Gasteiger partial charge in [0, 0.05) is 23.2 Å². The summed E-state index contributed by atoms with van der Waals surface area (Å²) in [7, 11) is 0. The summed E-state index contributed by atoms with van der Waals surface area (Å²) in [6.45, 7) is 6.76. The number of fused-ring (bicyclic) bond motifs is 2. The van der Waals surface area contributed by atoms with Gasteiger partial charge < -0.3 is 10.6 Å². The van der Waals surface area contributed by atoms with Crippen LogP contribution in [-0.2, 0) is 15.8 Å². The van der Waals surface area contributed by atoms with Gasteiger partial charge in [0.25, 0.3) is 0 Å². The third kappa shape index (κ3) is 4.04. The van der Waals surface area contributed by atoms with Gasteiger partial charge in [0.15, 0.2) is 5.17 Å². The van der Waals surface area contributed by atoms with Gasteiger partial charge in [-0.25, -0.2) is 0 Å². The smallest absolute Gasteiger partial charge is 0.326 e. The fourth-order valence-corrected chi connectivity index (χ4v) is 5.84. The second-order valence-corrected chi connectivity index (χ2v) is 10.6. The molecule has 2 amide bonds. The van der Waals surface area contributed by atoms with Gasteiger partial charge in [-0.05, 0) is 48.8 Å². The Balaban J connectivity index is 1.38. The monoisotopic (exact) mass is 466 g/mol. The van der Waals surface area contributed by atoms with E-state index in [-0.39, 0.29) is 28.8 Å². The highest BCUT2D eigenvalue weighted by atomic mass is 32.2. The van der Waals surface area contributed by atoms with Gasteiger partial charge in [0.1, 0.15) is 5.25 Å². The standard InChI is InChI=1S/C22H25F3N4O2S/c1-20(2)12-7-8-21(20,3)16(10-12)28-29-19-27-18(31)15(32-19)11-17(30)26-14-6-4-5-13(9-14)22(23,24)25/h4-6,9,12,15H,7-8,10-11H2,1-3H3,(H,26,30)(H,27,29,31)/b28-16+/t12-,15-,21-/m0/s1. The normalized spacial score (nSPS) is 31.4. The van der Waals surface area contributed by atoms with Crippen LogP contribution in [0.4, 0.5) is 18.9 Å². The Morgan fingerprint density at radius 2 is 2.03 bits per heavy atom. The molecular formula is C22H25F3N4O2S. The van der Waals surface area contributed by atoms with Gasteiger partial charge >= 0.3 is 6.18 Å². The van der Waals surface area contributed by atoms with E-state index in [0.717, 1.165) is 42.4 Å². The molecule has 32 heavy (non-hydrogen) atoms. The molecule has 1 aromatic carbocycles. The zero-order valence-corrected chi connectivity index (χ0v) is 18.9. The number of hydrogen-bond donors (Lipinski definition) is 2. The van der Waals surface area contributed by atoms with Crippen molar-refractivity contribution >= 4 is 40.1 Å². The number of anilines is 1. The molecule has 2 N–H and O–H groups in total. The van der Waals surface area contributed by atoms with Crippen molar-refractivity contribution in [3.05, 3.63) is 29.8 Å². The second-order valence-electron chi connectivity index (χ2n) is 9.37. The number of halogens is 3. The number of hydrogen-bond acceptors (Lipinski definition) is 5. The summed E-state index contributed by atoms with van der Waals surface area (Å²) >= 11 is 1.11. The number of amides is 2. The summed E-state index contributed by atoms with van der Waals surface area (Å²) < 4.78 is 38.5. The van der Waals surface area contributed by atoms with Crippen LogP contribution in [0.2, 0.25) is 0 Å². The van der Waals surface area contributed by atoms with E-state index in [1.807, 2.05) is 0 Å². The van der Waals surface area contributed by atoms with Crippen LogP contribution in [0.1, 0.15) is 52.0 Å². The molecule has 1 aliphatic heterocycles. The van der Waals surface area contributed by atoms with Crippen molar-refractivity contribution in [2.24, 2.45) is 27.0 Å². The number of benzene rings is 1. The minimum atomic E-state index is -4.50. The lowest BCUT2D eigenvalue weighted by molar-refractivity contribution is -0.137. The molecule has 2 saturated carbocycles. The molecule has 1 heterocycles. The molecule has 4 rings (SSSR count). The van der Waals surface area contributed by atoms with Crippen LogP contribution in [0.15, 0.2) is 34.5 Å². The van der Waals surface area contributed by atoms with E-state index in [1.54, 1.807) is 0 Å². The van der Waals surface area contributed by atoms with Crippen molar-refractivity contribution in [2.45, 2.75) is 57.9 Å². The number of nitrogens with one attached hydrogen (secondary N) is 2. The lowest BCUT2D eigenvalue weighted by Gasteiger charge is -2.34. The van der Waals surface area contributed by atoms with Crippen molar-refractivity contribution in [1.82, 2.24) is 5.32 Å². The third-order valence-corrected chi connectivity index (χ3v) is 8.47. The zero-order chi connectivity index (χ0) is 23.3. The largest absolute Gasteiger partial charge is 0.416 e. The number of amidine groups is 1. The van der Waals surface area contributed by atoms with E-state index < -0.39 is 22.9 Å². The van der Waals surface area contributed by atoms with Gasteiger partial charge in [-0.15, -0.1) is 5.10 Å². The lowest BCUT2D eigenvalue weighted by atomic mass is 9.70. The molecule has 0 spiro atoms. The fourth-order valence-electron chi connectivity index (χ4n) is 4.93. The minimum Gasteiger partial charge on any atom is -0.326 e. The van der Waals surface area contributed by atoms with Crippen molar-refractivity contribution < 1.29 is 22.8 Å². The van der Waals surface area contributed by atoms with Crippen LogP contribution in [0.25, 0.3) is 0 Å². The van der Waals surface area contributed by atoms with Crippen molar-refractivity contribution in [3.8, 4) is 0 Å². The molecule has 1 aromatic rings. The Hall–Kier alpha value is -2.36. The maximum Gasteiger partial charge on any atom is 0.416 e. The van der Waals surface area contributed by atoms with Crippen molar-refractivity contribution in [1.29, 1.82) is 0 Å². The molecule has 3 fully saturated rings. The average Bonchev–Trinajstić information content (AvgIpc) is 3.22. The first kappa shape index (κ1) is 22.8. The molecular weight excluding hydrogens is 441 g/mol. The first-order valence-corrected chi connectivity index (χ1v) is 11.4. The highest BCUT2D eigenvalue weighted by Gasteiger charge is 2.60. The number of thioether (sulfide) groups is 1. The second kappa shape index (κ2) is 7.90. The maximum absolute atomic E-state index is 12.8. The summed E-state index contributed by atoms with van der Waals surface area (Å²) in [4.78, 5) is 24.6. The predicted octanol–water partition coefficient (Wildman–Crippen LogP) is 4.82. The fraction of sp³-hybridized carbons (Fsp3) is 0.545. The predicted molar refractivity (Wildman–Crippen MR) is 118 cm³/mol. The Kier molecular flexibility index (Phi) is 5.63. The summed E-state index contributed by atoms with van der Waals surface area (Å²) in [5.74, 6) is -0.330. The highest BCUT2D eigenvalue weighted by Crippen LogP contribution is 2.64. The molecule has 3 atom stereocenters. The number of carbonyl (C=O) groups excluding carboxylic acids is 2. The first-order valence-electron chi connectivity index (χ1n) is 10.5. The van der Waals surface area contributed by atoms with E-state index in [1.165, 1.54) is 18.6 Å². The maximum atomic E-state index is 12.8. The van der Waals surface area contributed by atoms with Crippen LogP contribution in [0.3, 0.4) is 0 Å². The molecule has 0 radical (unpaired) electrons. The topological polar surface area (TPSA) is 82.9 Å². The van der Waals surface area contributed by atoms with Gasteiger partial charge in [-0.1, -0.05) is 38.6 Å². The summed E-state index contributed by atoms with van der Waals surface area (Å²) in [5.41, 5.74) is 0.392. The zero-order valence-electron chi connectivity index (χ0n) is 18.0. The van der Waals surface area contributed by atoms with Gasteiger partial charge in [-0.3, -0.25) is 9.59 Å².